The van der Waals surface area contributed by atoms with Gasteiger partial charge in [0.25, 0.3) is 0 Å². The molecule has 0 spiro atoms. The van der Waals surface area contributed by atoms with E-state index in [-0.39, 0.29) is 0 Å². The quantitative estimate of drug-likeness (QED) is 0.507. The Labute approximate surface area is 193 Å². The molecular weight excluding hydrogens is 414 g/mol. The molecule has 166 valence electrons. The van der Waals surface area contributed by atoms with Crippen molar-refractivity contribution in [1.29, 1.82) is 0 Å². The van der Waals surface area contributed by atoms with E-state index >= 15 is 0 Å². The average molecular weight is 440 g/mol. The maximum Gasteiger partial charge on any atom is 0.163 e. The third-order valence-corrected chi connectivity index (χ3v) is 6.14. The minimum Gasteiger partial charge on any atom is -0.493 e. The number of ether oxygens (including phenoxy) is 4. The van der Waals surface area contributed by atoms with Crippen molar-refractivity contribution in [3.05, 3.63) is 90.3 Å². The molecule has 3 aliphatic rings. The van der Waals surface area contributed by atoms with Crippen LogP contribution in [-0.4, -0.2) is 26.4 Å². The summed E-state index contributed by atoms with van der Waals surface area (Å²) < 4.78 is 23.4. The fourth-order valence-corrected chi connectivity index (χ4v) is 4.51. The van der Waals surface area contributed by atoms with Gasteiger partial charge in [0.2, 0.25) is 0 Å². The van der Waals surface area contributed by atoms with Crippen LogP contribution in [0.5, 0.6) is 23.0 Å². The zero-order valence-electron chi connectivity index (χ0n) is 18.3. The first-order chi connectivity index (χ1) is 16.3. The molecule has 0 fully saturated rings. The number of benzene rings is 3. The van der Waals surface area contributed by atoms with Gasteiger partial charge >= 0.3 is 0 Å². The first kappa shape index (κ1) is 19.8. The molecule has 3 heterocycles. The minimum absolute atomic E-state index is 0.564. The molecule has 0 unspecified atom stereocenters. The highest BCUT2D eigenvalue weighted by Gasteiger charge is 2.20. The van der Waals surface area contributed by atoms with Crippen molar-refractivity contribution in [1.82, 2.24) is 0 Å². The van der Waals surface area contributed by atoms with Gasteiger partial charge in [-0.3, -0.25) is 0 Å². The molecular formula is C28H25NO4. The van der Waals surface area contributed by atoms with Crippen LogP contribution < -0.4 is 23.8 Å². The van der Waals surface area contributed by atoms with Crippen LogP contribution in [0.2, 0.25) is 0 Å². The van der Waals surface area contributed by atoms with E-state index in [1.54, 1.807) is 0 Å². The van der Waals surface area contributed by atoms with Crippen LogP contribution >= 0.6 is 0 Å². The van der Waals surface area contributed by atoms with E-state index in [0.717, 1.165) is 52.7 Å². The Kier molecular flexibility index (Phi) is 5.15. The molecule has 0 aliphatic carbocycles. The van der Waals surface area contributed by atoms with E-state index in [0.29, 0.717) is 26.4 Å². The van der Waals surface area contributed by atoms with E-state index in [4.69, 9.17) is 18.9 Å². The molecule has 6 rings (SSSR count). The molecule has 0 atom stereocenters. The standard InChI is InChI=1S/C28H25NO4/c1-3-7-25-23(5-1)20(11-13-30-25)18-29(22-9-10-27-28(17-22)33-16-15-32-27)19-21-12-14-31-26-8-4-2-6-24(21)26/h1-10,17-19H,11-16H2/b20-18+,21-19+. The van der Waals surface area contributed by atoms with Crippen molar-refractivity contribution >= 4 is 16.8 Å². The molecule has 0 bridgehead atoms. The van der Waals surface area contributed by atoms with Crippen LogP contribution in [0.25, 0.3) is 11.1 Å². The number of fused-ring (bicyclic) bond motifs is 3. The van der Waals surface area contributed by atoms with E-state index in [2.05, 4.69) is 53.7 Å². The average Bonchev–Trinajstić information content (AvgIpc) is 2.88. The topological polar surface area (TPSA) is 40.2 Å². The van der Waals surface area contributed by atoms with Gasteiger partial charge in [-0.25, -0.2) is 0 Å². The predicted octanol–water partition coefficient (Wildman–Crippen LogP) is 5.91. The normalized spacial score (nSPS) is 18.7. The Morgan fingerprint density at radius 2 is 1.09 bits per heavy atom. The number of nitrogens with zero attached hydrogens (tertiary/aromatic N) is 1. The number of anilines is 1. The van der Waals surface area contributed by atoms with Crippen molar-refractivity contribution in [2.75, 3.05) is 31.3 Å². The third kappa shape index (κ3) is 3.91. The fourth-order valence-electron chi connectivity index (χ4n) is 4.51. The zero-order valence-corrected chi connectivity index (χ0v) is 18.3. The van der Waals surface area contributed by atoms with E-state index in [9.17, 15) is 0 Å². The molecule has 0 radical (unpaired) electrons. The van der Waals surface area contributed by atoms with Gasteiger partial charge in [-0.05, 0) is 35.4 Å². The van der Waals surface area contributed by atoms with Crippen molar-refractivity contribution in [2.24, 2.45) is 0 Å². The second-order valence-electron chi connectivity index (χ2n) is 8.23. The van der Waals surface area contributed by atoms with Crippen molar-refractivity contribution in [3.63, 3.8) is 0 Å². The SMILES string of the molecule is C(=C1/CCOc2ccccc21)/N(/C=C1\CCOc2ccccc21)c1ccc2c(c1)OCCO2. The smallest absolute Gasteiger partial charge is 0.163 e. The molecule has 3 aromatic carbocycles. The summed E-state index contributed by atoms with van der Waals surface area (Å²) in [4.78, 5) is 2.20. The van der Waals surface area contributed by atoms with Crippen LogP contribution in [0, 0.1) is 0 Å². The molecule has 5 heteroatoms. The Bertz CT molecular complexity index is 1180. The Hall–Kier alpha value is -3.86. The molecule has 0 aromatic heterocycles. The Balaban J connectivity index is 1.46. The van der Waals surface area contributed by atoms with Crippen LogP contribution in [-0.2, 0) is 0 Å². The highest BCUT2D eigenvalue weighted by molar-refractivity contribution is 5.79. The summed E-state index contributed by atoms with van der Waals surface area (Å²) in [5, 5.41) is 0. The number of rotatable bonds is 3. The molecule has 33 heavy (non-hydrogen) atoms. The maximum absolute atomic E-state index is 5.88. The number of para-hydroxylation sites is 2. The molecule has 0 saturated carbocycles. The minimum atomic E-state index is 0.564. The van der Waals surface area contributed by atoms with Crippen molar-refractivity contribution in [3.8, 4) is 23.0 Å². The molecule has 0 N–H and O–H groups in total. The van der Waals surface area contributed by atoms with Gasteiger partial charge in [0, 0.05) is 48.1 Å². The second kappa shape index (κ2) is 8.58. The summed E-state index contributed by atoms with van der Waals surface area (Å²) in [6.45, 7) is 2.49. The summed E-state index contributed by atoms with van der Waals surface area (Å²) >= 11 is 0. The van der Waals surface area contributed by atoms with Gasteiger partial charge in [-0.15, -0.1) is 0 Å². The van der Waals surface area contributed by atoms with Gasteiger partial charge in [-0.1, -0.05) is 36.4 Å². The summed E-state index contributed by atoms with van der Waals surface area (Å²) in [6.07, 6.45) is 6.14. The van der Waals surface area contributed by atoms with Gasteiger partial charge < -0.3 is 23.8 Å². The predicted molar refractivity (Wildman–Crippen MR) is 129 cm³/mol. The van der Waals surface area contributed by atoms with Gasteiger partial charge in [-0.2, -0.15) is 0 Å². The van der Waals surface area contributed by atoms with E-state index < -0.39 is 0 Å². The molecule has 0 amide bonds. The maximum atomic E-state index is 5.88. The lowest BCUT2D eigenvalue weighted by Gasteiger charge is -2.27. The number of hydrogen-bond donors (Lipinski definition) is 0. The van der Waals surface area contributed by atoms with Crippen LogP contribution in [0.3, 0.4) is 0 Å². The highest BCUT2D eigenvalue weighted by Crippen LogP contribution is 2.39. The van der Waals surface area contributed by atoms with Gasteiger partial charge in [0.1, 0.15) is 24.7 Å². The Morgan fingerprint density at radius 3 is 1.73 bits per heavy atom. The lowest BCUT2D eigenvalue weighted by molar-refractivity contribution is 0.171. The third-order valence-electron chi connectivity index (χ3n) is 6.14. The fraction of sp³-hybridized carbons (Fsp3) is 0.214. The first-order valence-electron chi connectivity index (χ1n) is 11.4. The first-order valence-corrected chi connectivity index (χ1v) is 11.4. The molecule has 0 saturated heterocycles. The van der Waals surface area contributed by atoms with Crippen LogP contribution in [0.4, 0.5) is 5.69 Å². The van der Waals surface area contributed by atoms with E-state index in [1.807, 2.05) is 30.3 Å². The summed E-state index contributed by atoms with van der Waals surface area (Å²) in [5.74, 6) is 3.43. The summed E-state index contributed by atoms with van der Waals surface area (Å²) in [7, 11) is 0. The monoisotopic (exact) mass is 439 g/mol. The summed E-state index contributed by atoms with van der Waals surface area (Å²) in [5.41, 5.74) is 5.77. The van der Waals surface area contributed by atoms with Crippen LogP contribution in [0.1, 0.15) is 24.0 Å². The molecule has 3 aliphatic heterocycles. The Morgan fingerprint density at radius 1 is 0.545 bits per heavy atom. The molecule has 5 nitrogen and oxygen atoms in total. The van der Waals surface area contributed by atoms with Crippen molar-refractivity contribution < 1.29 is 18.9 Å². The van der Waals surface area contributed by atoms with E-state index in [1.165, 1.54) is 11.1 Å². The lowest BCUT2D eigenvalue weighted by atomic mass is 9.99. The largest absolute Gasteiger partial charge is 0.493 e. The number of hydrogen-bond acceptors (Lipinski definition) is 5. The second-order valence-corrected chi connectivity index (χ2v) is 8.23. The highest BCUT2D eigenvalue weighted by atomic mass is 16.6. The zero-order chi connectivity index (χ0) is 22.0. The van der Waals surface area contributed by atoms with Crippen molar-refractivity contribution in [2.45, 2.75) is 12.8 Å². The van der Waals surface area contributed by atoms with Gasteiger partial charge in [0.05, 0.1) is 13.2 Å². The molecule has 3 aromatic rings. The van der Waals surface area contributed by atoms with Crippen LogP contribution in [0.15, 0.2) is 79.1 Å². The lowest BCUT2D eigenvalue weighted by Crippen LogP contribution is -2.17. The summed E-state index contributed by atoms with van der Waals surface area (Å²) in [6, 6.07) is 22.6. The van der Waals surface area contributed by atoms with Gasteiger partial charge in [0.15, 0.2) is 11.5 Å².